The number of nitrogens with zero attached hydrogens (tertiary/aromatic N) is 2. The fraction of sp³-hybridized carbons (Fsp3) is 0.526. The number of hydrogen-bond acceptors (Lipinski definition) is 5. The number of nitrogens with one attached hydrogen (secondary N) is 1. The Morgan fingerprint density at radius 1 is 1.34 bits per heavy atom. The Labute approximate surface area is 168 Å². The van der Waals surface area contributed by atoms with Gasteiger partial charge in [0, 0.05) is 24.3 Å². The third kappa shape index (κ3) is 5.70. The van der Waals surface area contributed by atoms with Crippen LogP contribution in [0.2, 0.25) is 0 Å². The van der Waals surface area contributed by atoms with Crippen LogP contribution in [0.3, 0.4) is 0 Å². The van der Waals surface area contributed by atoms with Crippen molar-refractivity contribution in [2.45, 2.75) is 26.3 Å². The molecule has 1 atom stereocenters. The molecule has 0 saturated carbocycles. The van der Waals surface area contributed by atoms with Crippen LogP contribution >= 0.6 is 0 Å². The number of carbonyl (C=O) groups is 3. The molecule has 0 aliphatic carbocycles. The quantitative estimate of drug-likeness (QED) is 0.628. The van der Waals surface area contributed by atoms with Gasteiger partial charge >= 0.3 is 0 Å². The van der Waals surface area contributed by atoms with Crippen molar-refractivity contribution in [2.24, 2.45) is 11.7 Å². The van der Waals surface area contributed by atoms with Crippen LogP contribution < -0.4 is 16.0 Å². The first-order chi connectivity index (χ1) is 13.6. The summed E-state index contributed by atoms with van der Waals surface area (Å²) in [5.74, 6) is -1.78. The molecule has 0 bridgehead atoms. The highest BCUT2D eigenvalue weighted by Crippen LogP contribution is 2.33. The molecule has 1 aromatic rings. The van der Waals surface area contributed by atoms with Gasteiger partial charge in [-0.15, -0.1) is 0 Å². The smallest absolute Gasteiger partial charge is 0.265 e. The van der Waals surface area contributed by atoms with Crippen molar-refractivity contribution in [3.8, 4) is 0 Å². The zero-order valence-corrected chi connectivity index (χ0v) is 16.7. The monoisotopic (exact) mass is 412 g/mol. The molecular weight excluding hydrogens is 386 g/mol. The van der Waals surface area contributed by atoms with E-state index in [1.165, 1.54) is 21.9 Å². The second kappa shape index (κ2) is 9.75. The van der Waals surface area contributed by atoms with Crippen molar-refractivity contribution in [2.75, 3.05) is 43.6 Å². The van der Waals surface area contributed by atoms with E-state index in [2.05, 4.69) is 5.32 Å². The number of carbonyl (C=O) groups excluding carboxylic acids is 3. The number of nitrogens with two attached hydrogens (primary N) is 1. The predicted octanol–water partition coefficient (Wildman–Crippen LogP) is 1.37. The first-order valence-corrected chi connectivity index (χ1v) is 9.22. The molecule has 3 amide bonds. The third-order valence-electron chi connectivity index (χ3n) is 4.42. The third-order valence-corrected chi connectivity index (χ3v) is 4.42. The standard InChI is InChI=1S/C19H26F2N4O4/c1-11(2)9-24(3)16(18(22)27)19(28)23-12-4-5-14(13(8-12)17(20)21)25-6-7-29-10-15(25)26/h4-5,8,11,16-17H,6-7,9-10H2,1-3H3,(H2,22,27)(H,23,28)/t16-/m0/s1. The zero-order valence-electron chi connectivity index (χ0n) is 16.7. The highest BCUT2D eigenvalue weighted by molar-refractivity contribution is 6.09. The van der Waals surface area contributed by atoms with E-state index >= 15 is 0 Å². The van der Waals surface area contributed by atoms with Gasteiger partial charge in [-0.1, -0.05) is 13.8 Å². The molecule has 1 fully saturated rings. The van der Waals surface area contributed by atoms with Crippen LogP contribution in [0.25, 0.3) is 0 Å². The summed E-state index contributed by atoms with van der Waals surface area (Å²) in [4.78, 5) is 39.1. The average molecular weight is 412 g/mol. The maximum absolute atomic E-state index is 13.6. The molecule has 1 aliphatic rings. The van der Waals surface area contributed by atoms with E-state index in [1.807, 2.05) is 13.8 Å². The number of hydrogen-bond donors (Lipinski definition) is 2. The molecule has 0 spiro atoms. The molecule has 8 nitrogen and oxygen atoms in total. The Balaban J connectivity index is 2.26. The molecule has 0 aromatic heterocycles. The van der Waals surface area contributed by atoms with Crippen LogP contribution in [0, 0.1) is 5.92 Å². The maximum atomic E-state index is 13.6. The van der Waals surface area contributed by atoms with Gasteiger partial charge < -0.3 is 20.7 Å². The fourth-order valence-corrected chi connectivity index (χ4v) is 3.26. The molecule has 1 aromatic carbocycles. The minimum Gasteiger partial charge on any atom is -0.370 e. The summed E-state index contributed by atoms with van der Waals surface area (Å²) in [5, 5.41) is 2.47. The lowest BCUT2D eigenvalue weighted by Gasteiger charge is -2.29. The van der Waals surface area contributed by atoms with Gasteiger partial charge in [0.2, 0.25) is 5.91 Å². The Bertz CT molecular complexity index is 773. The second-order valence-electron chi connectivity index (χ2n) is 7.30. The number of rotatable bonds is 8. The summed E-state index contributed by atoms with van der Waals surface area (Å²) in [7, 11) is 1.59. The number of ether oxygens (including phenoxy) is 1. The number of morpholine rings is 1. The zero-order chi connectivity index (χ0) is 21.7. The molecular formula is C19H26F2N4O4. The molecule has 1 saturated heterocycles. The summed E-state index contributed by atoms with van der Waals surface area (Å²) in [5.41, 5.74) is 5.11. The average Bonchev–Trinajstić information content (AvgIpc) is 2.61. The lowest BCUT2D eigenvalue weighted by Crippen LogP contribution is -2.51. The van der Waals surface area contributed by atoms with Crippen LogP contribution in [0.15, 0.2) is 18.2 Å². The summed E-state index contributed by atoms with van der Waals surface area (Å²) in [6.45, 7) is 4.52. The van der Waals surface area contributed by atoms with Gasteiger partial charge in [0.1, 0.15) is 6.61 Å². The van der Waals surface area contributed by atoms with E-state index < -0.39 is 35.8 Å². The molecule has 1 heterocycles. The van der Waals surface area contributed by atoms with Gasteiger partial charge in [0.25, 0.3) is 18.2 Å². The SMILES string of the molecule is CC(C)CN(C)[C@@H](C(N)=O)C(=O)Nc1ccc(N2CCOCC2=O)c(C(F)F)c1. The largest absolute Gasteiger partial charge is 0.370 e. The molecule has 3 N–H and O–H groups in total. The first kappa shape index (κ1) is 22.7. The van der Waals surface area contributed by atoms with Crippen molar-refractivity contribution in [1.29, 1.82) is 0 Å². The second-order valence-corrected chi connectivity index (χ2v) is 7.30. The van der Waals surface area contributed by atoms with Crippen LogP contribution in [-0.4, -0.2) is 62.0 Å². The van der Waals surface area contributed by atoms with E-state index in [-0.39, 0.29) is 37.1 Å². The van der Waals surface area contributed by atoms with Crippen molar-refractivity contribution in [3.05, 3.63) is 23.8 Å². The van der Waals surface area contributed by atoms with Gasteiger partial charge in [-0.25, -0.2) is 8.78 Å². The van der Waals surface area contributed by atoms with E-state index in [0.29, 0.717) is 6.54 Å². The molecule has 2 rings (SSSR count). The highest BCUT2D eigenvalue weighted by Gasteiger charge is 2.30. The predicted molar refractivity (Wildman–Crippen MR) is 104 cm³/mol. The maximum Gasteiger partial charge on any atom is 0.265 e. The lowest BCUT2D eigenvalue weighted by atomic mass is 10.1. The molecule has 10 heteroatoms. The number of anilines is 2. The number of likely N-dealkylation sites (N-methyl/N-ethyl adjacent to an activating group) is 1. The minimum absolute atomic E-state index is 0.0645. The molecule has 0 radical (unpaired) electrons. The van der Waals surface area contributed by atoms with Gasteiger partial charge in [-0.05, 0) is 31.2 Å². The molecule has 29 heavy (non-hydrogen) atoms. The number of primary amides is 1. The van der Waals surface area contributed by atoms with Gasteiger partial charge in [0.15, 0.2) is 6.04 Å². The molecule has 0 unspecified atom stereocenters. The van der Waals surface area contributed by atoms with Gasteiger partial charge in [0.05, 0.1) is 12.3 Å². The Morgan fingerprint density at radius 2 is 2.03 bits per heavy atom. The van der Waals surface area contributed by atoms with Crippen molar-refractivity contribution in [3.63, 3.8) is 0 Å². The Hall–Kier alpha value is -2.59. The summed E-state index contributed by atoms with van der Waals surface area (Å²) >= 11 is 0. The lowest BCUT2D eigenvalue weighted by molar-refractivity contribution is -0.132. The molecule has 1 aliphatic heterocycles. The van der Waals surface area contributed by atoms with Crippen molar-refractivity contribution < 1.29 is 27.9 Å². The van der Waals surface area contributed by atoms with Crippen molar-refractivity contribution in [1.82, 2.24) is 4.90 Å². The Kier molecular flexibility index (Phi) is 7.63. The highest BCUT2D eigenvalue weighted by atomic mass is 19.3. The number of benzene rings is 1. The van der Waals surface area contributed by atoms with Crippen molar-refractivity contribution >= 4 is 29.1 Å². The summed E-state index contributed by atoms with van der Waals surface area (Å²) in [6.07, 6.45) is -2.87. The van der Waals surface area contributed by atoms with Gasteiger partial charge in [-0.3, -0.25) is 19.3 Å². The van der Waals surface area contributed by atoms with E-state index in [0.717, 1.165) is 6.07 Å². The number of amides is 3. The van der Waals surface area contributed by atoms with Crippen LogP contribution in [-0.2, 0) is 19.1 Å². The van der Waals surface area contributed by atoms with Crippen LogP contribution in [0.5, 0.6) is 0 Å². The van der Waals surface area contributed by atoms with E-state index in [4.69, 9.17) is 10.5 Å². The molecule has 160 valence electrons. The summed E-state index contributed by atoms with van der Waals surface area (Å²) < 4.78 is 32.3. The minimum atomic E-state index is -2.87. The van der Waals surface area contributed by atoms with E-state index in [9.17, 15) is 23.2 Å². The number of alkyl halides is 2. The summed E-state index contributed by atoms with van der Waals surface area (Å²) in [6, 6.07) is 2.61. The topological polar surface area (TPSA) is 105 Å². The first-order valence-electron chi connectivity index (χ1n) is 9.22. The normalized spacial score (nSPS) is 15.9. The van der Waals surface area contributed by atoms with E-state index in [1.54, 1.807) is 7.05 Å². The Morgan fingerprint density at radius 3 is 2.59 bits per heavy atom. The fourth-order valence-electron chi connectivity index (χ4n) is 3.26. The van der Waals surface area contributed by atoms with Crippen LogP contribution in [0.4, 0.5) is 20.2 Å². The number of halogens is 2. The van der Waals surface area contributed by atoms with Gasteiger partial charge in [-0.2, -0.15) is 0 Å². The van der Waals surface area contributed by atoms with Crippen LogP contribution in [0.1, 0.15) is 25.8 Å².